The van der Waals surface area contributed by atoms with E-state index in [9.17, 15) is 8.42 Å². The second-order valence-electron chi connectivity index (χ2n) is 4.78. The van der Waals surface area contributed by atoms with Gasteiger partial charge in [-0.25, -0.2) is 8.42 Å². The normalized spacial score (nSPS) is 11.9. The van der Waals surface area contributed by atoms with E-state index < -0.39 is 10.0 Å². The average molecular weight is 366 g/mol. The van der Waals surface area contributed by atoms with E-state index in [1.54, 1.807) is 0 Å². The number of sulfonamides is 1. The van der Waals surface area contributed by atoms with E-state index in [0.29, 0.717) is 5.92 Å². The molecule has 1 heterocycles. The smallest absolute Gasteiger partial charge is 0.253 e. The SMILES string of the molecule is CC(C)Cc1nnc(NS(=O)(=O)c2cc(Cl)ccc2Cl)s1. The molecule has 0 spiro atoms. The Kier molecular flexibility index (Phi) is 5.08. The van der Waals surface area contributed by atoms with Gasteiger partial charge in [-0.1, -0.05) is 48.4 Å². The Morgan fingerprint density at radius 1 is 1.29 bits per heavy atom. The molecular weight excluding hydrogens is 353 g/mol. The molecule has 0 aliphatic rings. The predicted octanol–water partition coefficient (Wildman–Crippen LogP) is 3.84. The quantitative estimate of drug-likeness (QED) is 0.873. The van der Waals surface area contributed by atoms with Crippen LogP contribution in [-0.4, -0.2) is 18.6 Å². The van der Waals surface area contributed by atoms with Crippen LogP contribution in [0.5, 0.6) is 0 Å². The number of halogens is 2. The summed E-state index contributed by atoms with van der Waals surface area (Å²) in [4.78, 5) is -0.0859. The van der Waals surface area contributed by atoms with Gasteiger partial charge < -0.3 is 0 Å². The number of benzene rings is 1. The second kappa shape index (κ2) is 6.48. The van der Waals surface area contributed by atoms with Gasteiger partial charge in [0.05, 0.1) is 5.02 Å². The molecule has 0 saturated heterocycles. The van der Waals surface area contributed by atoms with Crippen LogP contribution in [0.1, 0.15) is 18.9 Å². The Hall–Kier alpha value is -0.890. The first-order valence-electron chi connectivity index (χ1n) is 6.08. The van der Waals surface area contributed by atoms with Crippen molar-refractivity contribution >= 4 is 49.7 Å². The molecule has 1 aromatic heterocycles. The van der Waals surface area contributed by atoms with Gasteiger partial charge in [-0.2, -0.15) is 0 Å². The van der Waals surface area contributed by atoms with E-state index in [1.807, 2.05) is 0 Å². The Balaban J connectivity index is 2.25. The molecule has 9 heteroatoms. The first-order valence-corrected chi connectivity index (χ1v) is 9.14. The van der Waals surface area contributed by atoms with Crippen molar-refractivity contribution in [1.82, 2.24) is 10.2 Å². The van der Waals surface area contributed by atoms with Crippen LogP contribution in [0.25, 0.3) is 0 Å². The monoisotopic (exact) mass is 365 g/mol. The van der Waals surface area contributed by atoms with Crippen molar-refractivity contribution in [2.24, 2.45) is 5.92 Å². The number of nitrogens with one attached hydrogen (secondary N) is 1. The van der Waals surface area contributed by atoms with E-state index in [0.717, 1.165) is 11.4 Å². The molecule has 0 atom stereocenters. The fourth-order valence-corrected chi connectivity index (χ4v) is 4.53. The lowest BCUT2D eigenvalue weighted by molar-refractivity contribution is 0.601. The zero-order valence-electron chi connectivity index (χ0n) is 11.3. The number of rotatable bonds is 5. The molecule has 0 unspecified atom stereocenters. The minimum Gasteiger partial charge on any atom is -0.253 e. The third-order valence-corrected chi connectivity index (χ3v) is 5.50. The lowest BCUT2D eigenvalue weighted by atomic mass is 10.1. The second-order valence-corrected chi connectivity index (χ2v) is 8.34. The topological polar surface area (TPSA) is 72.0 Å². The Morgan fingerprint density at radius 2 is 2.00 bits per heavy atom. The van der Waals surface area contributed by atoms with E-state index in [4.69, 9.17) is 23.2 Å². The highest BCUT2D eigenvalue weighted by atomic mass is 35.5. The van der Waals surface area contributed by atoms with Gasteiger partial charge >= 0.3 is 0 Å². The fourth-order valence-electron chi connectivity index (χ4n) is 1.58. The maximum Gasteiger partial charge on any atom is 0.265 e. The van der Waals surface area contributed by atoms with Crippen molar-refractivity contribution in [3.05, 3.63) is 33.3 Å². The minimum atomic E-state index is -3.84. The molecule has 0 amide bonds. The Labute approximate surface area is 137 Å². The Morgan fingerprint density at radius 3 is 2.67 bits per heavy atom. The van der Waals surface area contributed by atoms with E-state index >= 15 is 0 Å². The molecule has 0 bridgehead atoms. The molecule has 0 aliphatic carbocycles. The standard InChI is InChI=1S/C12H13Cl2N3O2S2/c1-7(2)5-11-15-16-12(20-11)17-21(18,19)10-6-8(13)3-4-9(10)14/h3-4,6-7H,5H2,1-2H3,(H,16,17). The van der Waals surface area contributed by atoms with Gasteiger partial charge in [-0.05, 0) is 24.1 Å². The van der Waals surface area contributed by atoms with Crippen LogP contribution in [0.4, 0.5) is 5.13 Å². The molecule has 21 heavy (non-hydrogen) atoms. The number of hydrogen-bond donors (Lipinski definition) is 1. The van der Waals surface area contributed by atoms with Gasteiger partial charge in [-0.15, -0.1) is 10.2 Å². The molecule has 1 N–H and O–H groups in total. The summed E-state index contributed by atoms with van der Waals surface area (Å²) >= 11 is 12.9. The molecule has 2 rings (SSSR count). The minimum absolute atomic E-state index is 0.0859. The van der Waals surface area contributed by atoms with E-state index in [1.165, 1.54) is 29.5 Å². The zero-order chi connectivity index (χ0) is 15.6. The lowest BCUT2D eigenvalue weighted by Gasteiger charge is -2.06. The highest BCUT2D eigenvalue weighted by Crippen LogP contribution is 2.28. The lowest BCUT2D eigenvalue weighted by Crippen LogP contribution is -2.13. The highest BCUT2D eigenvalue weighted by Gasteiger charge is 2.20. The maximum atomic E-state index is 12.3. The van der Waals surface area contributed by atoms with E-state index in [-0.39, 0.29) is 20.1 Å². The Bertz CT molecular complexity index is 745. The molecule has 0 saturated carbocycles. The van der Waals surface area contributed by atoms with Crippen LogP contribution in [0, 0.1) is 5.92 Å². The van der Waals surface area contributed by atoms with Gasteiger partial charge in [-0.3, -0.25) is 4.72 Å². The molecule has 2 aromatic rings. The summed E-state index contributed by atoms with van der Waals surface area (Å²) in [7, 11) is -3.84. The fraction of sp³-hybridized carbons (Fsp3) is 0.333. The van der Waals surface area contributed by atoms with Gasteiger partial charge in [0.2, 0.25) is 5.13 Å². The van der Waals surface area contributed by atoms with Crippen molar-refractivity contribution in [3.8, 4) is 0 Å². The first-order chi connectivity index (χ1) is 9.78. The molecule has 0 radical (unpaired) electrons. The highest BCUT2D eigenvalue weighted by molar-refractivity contribution is 7.93. The summed E-state index contributed by atoms with van der Waals surface area (Å²) in [6.07, 6.45) is 0.747. The number of anilines is 1. The summed E-state index contributed by atoms with van der Waals surface area (Å²) < 4.78 is 27.0. The van der Waals surface area contributed by atoms with Crippen LogP contribution in [0.15, 0.2) is 23.1 Å². The largest absolute Gasteiger partial charge is 0.265 e. The van der Waals surface area contributed by atoms with Crippen molar-refractivity contribution in [2.45, 2.75) is 25.2 Å². The molecule has 0 aliphatic heterocycles. The van der Waals surface area contributed by atoms with Gasteiger partial charge in [0, 0.05) is 11.4 Å². The van der Waals surface area contributed by atoms with Gasteiger partial charge in [0.25, 0.3) is 10.0 Å². The summed E-state index contributed by atoms with van der Waals surface area (Å²) in [5, 5.41) is 9.16. The average Bonchev–Trinajstić information content (AvgIpc) is 2.77. The summed E-state index contributed by atoms with van der Waals surface area (Å²) in [6.45, 7) is 4.11. The van der Waals surface area contributed by atoms with Crippen LogP contribution in [0.3, 0.4) is 0 Å². The molecular formula is C12H13Cl2N3O2S2. The summed E-state index contributed by atoms with van der Waals surface area (Å²) in [5.74, 6) is 0.421. The summed E-state index contributed by atoms with van der Waals surface area (Å²) in [6, 6.07) is 4.25. The third kappa shape index (κ3) is 4.29. The molecule has 0 fully saturated rings. The van der Waals surface area contributed by atoms with Crippen LogP contribution >= 0.6 is 34.5 Å². The molecule has 1 aromatic carbocycles. The van der Waals surface area contributed by atoms with Crippen molar-refractivity contribution in [1.29, 1.82) is 0 Å². The van der Waals surface area contributed by atoms with Crippen LogP contribution in [0.2, 0.25) is 10.0 Å². The van der Waals surface area contributed by atoms with Crippen LogP contribution in [-0.2, 0) is 16.4 Å². The third-order valence-electron chi connectivity index (χ3n) is 2.45. The van der Waals surface area contributed by atoms with Crippen molar-refractivity contribution < 1.29 is 8.42 Å². The summed E-state index contributed by atoms with van der Waals surface area (Å²) in [5.41, 5.74) is 0. The molecule has 114 valence electrons. The number of aromatic nitrogens is 2. The van der Waals surface area contributed by atoms with E-state index in [2.05, 4.69) is 28.8 Å². The van der Waals surface area contributed by atoms with Crippen molar-refractivity contribution in [2.75, 3.05) is 4.72 Å². The maximum absolute atomic E-state index is 12.3. The number of nitrogens with zero attached hydrogens (tertiary/aromatic N) is 2. The molecule has 5 nitrogen and oxygen atoms in total. The first kappa shape index (κ1) is 16.5. The zero-order valence-corrected chi connectivity index (χ0v) is 14.4. The van der Waals surface area contributed by atoms with Gasteiger partial charge in [0.15, 0.2) is 0 Å². The number of hydrogen-bond acceptors (Lipinski definition) is 5. The predicted molar refractivity (Wildman–Crippen MR) is 85.7 cm³/mol. The van der Waals surface area contributed by atoms with Crippen LogP contribution < -0.4 is 4.72 Å². The van der Waals surface area contributed by atoms with Gasteiger partial charge in [0.1, 0.15) is 9.90 Å². The van der Waals surface area contributed by atoms with Crippen molar-refractivity contribution in [3.63, 3.8) is 0 Å².